The summed E-state index contributed by atoms with van der Waals surface area (Å²) in [5.41, 5.74) is 0.927. The maximum absolute atomic E-state index is 13.1. The van der Waals surface area contributed by atoms with Crippen LogP contribution < -0.4 is 0 Å². The normalized spacial score (nSPS) is 14.7. The fourth-order valence-corrected chi connectivity index (χ4v) is 4.69. The van der Waals surface area contributed by atoms with Crippen molar-refractivity contribution in [1.82, 2.24) is 0 Å². The minimum absolute atomic E-state index is 0.0261. The molecule has 8 nitrogen and oxygen atoms in total. The lowest BCUT2D eigenvalue weighted by atomic mass is 9.98. The standard InChI is InChI=1S/C37H56O8/c1-6-10-24-40-32(28-44-36(38)30-20-16-14-17-21-30)34(42-26-12-8-3)35(43-27-13-9-4)33(41-25-11-7-2)29(5)45-37(39)31-22-18-15-19-23-31/h14-23,29,32-35H,6-13,24-28H2,1-5H3/t29-,32+,33+,34-,35-/m1/s1. The van der Waals surface area contributed by atoms with E-state index < -0.39 is 42.5 Å². The third-order valence-electron chi connectivity index (χ3n) is 7.42. The molecule has 8 heteroatoms. The van der Waals surface area contributed by atoms with Crippen molar-refractivity contribution in [2.24, 2.45) is 0 Å². The average Bonchev–Trinajstić information content (AvgIpc) is 3.06. The molecule has 0 spiro atoms. The Labute approximate surface area is 271 Å². The van der Waals surface area contributed by atoms with Crippen LogP contribution in [0.4, 0.5) is 0 Å². The number of esters is 2. The second-order valence-electron chi connectivity index (χ2n) is 11.3. The molecule has 0 aromatic heterocycles. The van der Waals surface area contributed by atoms with Gasteiger partial charge in [-0.2, -0.15) is 0 Å². The Morgan fingerprint density at radius 2 is 0.978 bits per heavy atom. The van der Waals surface area contributed by atoms with Gasteiger partial charge in [0.05, 0.1) is 11.1 Å². The highest BCUT2D eigenvalue weighted by atomic mass is 16.6. The predicted molar refractivity (Wildman–Crippen MR) is 177 cm³/mol. The third kappa shape index (κ3) is 14.5. The van der Waals surface area contributed by atoms with Gasteiger partial charge in [0, 0.05) is 26.4 Å². The zero-order valence-electron chi connectivity index (χ0n) is 28.1. The van der Waals surface area contributed by atoms with Crippen LogP contribution in [0.25, 0.3) is 0 Å². The maximum Gasteiger partial charge on any atom is 0.338 e. The summed E-state index contributed by atoms with van der Waals surface area (Å²) in [5, 5.41) is 0. The lowest BCUT2D eigenvalue weighted by Gasteiger charge is -2.39. The molecule has 0 aliphatic carbocycles. The third-order valence-corrected chi connectivity index (χ3v) is 7.42. The van der Waals surface area contributed by atoms with Crippen molar-refractivity contribution in [3.63, 3.8) is 0 Å². The molecule has 0 saturated heterocycles. The second-order valence-corrected chi connectivity index (χ2v) is 11.3. The molecule has 0 heterocycles. The van der Waals surface area contributed by atoms with Crippen LogP contribution in [0.3, 0.4) is 0 Å². The molecule has 0 fully saturated rings. The van der Waals surface area contributed by atoms with E-state index in [0.717, 1.165) is 51.4 Å². The first kappa shape index (κ1) is 38.4. The van der Waals surface area contributed by atoms with Crippen molar-refractivity contribution in [2.45, 2.75) is 117 Å². The fourth-order valence-electron chi connectivity index (χ4n) is 4.69. The number of benzene rings is 2. The van der Waals surface area contributed by atoms with Crippen LogP contribution in [-0.4, -0.2) is 75.5 Å². The van der Waals surface area contributed by atoms with Crippen LogP contribution in [-0.2, 0) is 28.4 Å². The molecular weight excluding hydrogens is 572 g/mol. The molecular formula is C37H56O8. The summed E-state index contributed by atoms with van der Waals surface area (Å²) in [5.74, 6) is -0.869. The Bertz CT molecular complexity index is 1030. The maximum atomic E-state index is 13.1. The molecule has 0 radical (unpaired) electrons. The minimum Gasteiger partial charge on any atom is -0.459 e. The van der Waals surface area contributed by atoms with Gasteiger partial charge in [0.25, 0.3) is 0 Å². The molecule has 0 bridgehead atoms. The quantitative estimate of drug-likeness (QED) is 0.0812. The second kappa shape index (κ2) is 23.5. The lowest BCUT2D eigenvalue weighted by Crippen LogP contribution is -2.55. The lowest BCUT2D eigenvalue weighted by molar-refractivity contribution is -0.201. The summed E-state index contributed by atoms with van der Waals surface area (Å²) in [6.07, 6.45) is 3.86. The molecule has 0 saturated carbocycles. The van der Waals surface area contributed by atoms with Crippen molar-refractivity contribution >= 4 is 11.9 Å². The van der Waals surface area contributed by atoms with Gasteiger partial charge in [0.2, 0.25) is 0 Å². The Morgan fingerprint density at radius 1 is 0.556 bits per heavy atom. The summed E-state index contributed by atoms with van der Waals surface area (Å²) in [7, 11) is 0. The van der Waals surface area contributed by atoms with E-state index in [4.69, 9.17) is 28.4 Å². The monoisotopic (exact) mass is 628 g/mol. The Kier molecular flexibility index (Phi) is 20.1. The molecule has 0 unspecified atom stereocenters. The van der Waals surface area contributed by atoms with Crippen molar-refractivity contribution in [3.05, 3.63) is 71.8 Å². The Hall–Kier alpha value is -2.78. The zero-order chi connectivity index (χ0) is 32.7. The number of ether oxygens (including phenoxy) is 6. The van der Waals surface area contributed by atoms with Gasteiger partial charge in [0.15, 0.2) is 0 Å². The summed E-state index contributed by atoms with van der Waals surface area (Å²) in [4.78, 5) is 26.1. The predicted octanol–water partition coefficient (Wildman–Crippen LogP) is 7.83. The molecule has 45 heavy (non-hydrogen) atoms. The first-order valence-electron chi connectivity index (χ1n) is 16.9. The van der Waals surface area contributed by atoms with Crippen molar-refractivity contribution in [2.75, 3.05) is 33.0 Å². The summed E-state index contributed by atoms with van der Waals surface area (Å²) in [6, 6.07) is 17.8. The van der Waals surface area contributed by atoms with Gasteiger partial charge in [-0.1, -0.05) is 89.8 Å². The Morgan fingerprint density at radius 3 is 1.47 bits per heavy atom. The van der Waals surface area contributed by atoms with Crippen LogP contribution in [0.5, 0.6) is 0 Å². The minimum atomic E-state index is -0.665. The van der Waals surface area contributed by atoms with Crippen LogP contribution in [0, 0.1) is 0 Å². The van der Waals surface area contributed by atoms with E-state index in [0.29, 0.717) is 37.6 Å². The number of carbonyl (C=O) groups is 2. The largest absolute Gasteiger partial charge is 0.459 e. The van der Waals surface area contributed by atoms with E-state index in [1.165, 1.54) is 0 Å². The number of unbranched alkanes of at least 4 members (excludes halogenated alkanes) is 4. The van der Waals surface area contributed by atoms with Crippen LogP contribution in [0.15, 0.2) is 60.7 Å². The smallest absolute Gasteiger partial charge is 0.338 e. The average molecular weight is 629 g/mol. The highest BCUT2D eigenvalue weighted by Gasteiger charge is 2.42. The van der Waals surface area contributed by atoms with E-state index in [2.05, 4.69) is 27.7 Å². The molecule has 2 rings (SSSR count). The molecule has 2 aromatic rings. The number of hydrogen-bond donors (Lipinski definition) is 0. The van der Waals surface area contributed by atoms with E-state index >= 15 is 0 Å². The van der Waals surface area contributed by atoms with Crippen LogP contribution >= 0.6 is 0 Å². The van der Waals surface area contributed by atoms with Gasteiger partial charge in [-0.25, -0.2) is 9.59 Å². The van der Waals surface area contributed by atoms with E-state index in [1.807, 2.05) is 19.1 Å². The fraction of sp³-hybridized carbons (Fsp3) is 0.622. The van der Waals surface area contributed by atoms with Crippen molar-refractivity contribution < 1.29 is 38.0 Å². The molecule has 0 N–H and O–H groups in total. The van der Waals surface area contributed by atoms with Gasteiger partial charge in [-0.15, -0.1) is 0 Å². The summed E-state index contributed by atoms with van der Waals surface area (Å²) >= 11 is 0. The van der Waals surface area contributed by atoms with Gasteiger partial charge in [0.1, 0.15) is 37.1 Å². The van der Waals surface area contributed by atoms with E-state index in [1.54, 1.807) is 48.5 Å². The first-order valence-corrected chi connectivity index (χ1v) is 16.9. The van der Waals surface area contributed by atoms with Crippen LogP contribution in [0.1, 0.15) is 107 Å². The topological polar surface area (TPSA) is 89.5 Å². The van der Waals surface area contributed by atoms with Gasteiger partial charge >= 0.3 is 11.9 Å². The summed E-state index contributed by atoms with van der Waals surface area (Å²) < 4.78 is 37.9. The van der Waals surface area contributed by atoms with Crippen molar-refractivity contribution in [3.8, 4) is 0 Å². The number of carbonyl (C=O) groups excluding carboxylic acids is 2. The van der Waals surface area contributed by atoms with Crippen LogP contribution in [0.2, 0.25) is 0 Å². The molecule has 5 atom stereocenters. The number of rotatable bonds is 25. The van der Waals surface area contributed by atoms with E-state index in [-0.39, 0.29) is 6.61 Å². The van der Waals surface area contributed by atoms with E-state index in [9.17, 15) is 9.59 Å². The molecule has 0 aliphatic rings. The summed E-state index contributed by atoms with van der Waals surface area (Å²) in [6.45, 7) is 12.1. The number of hydrogen-bond acceptors (Lipinski definition) is 8. The highest BCUT2D eigenvalue weighted by Crippen LogP contribution is 2.25. The molecule has 0 aliphatic heterocycles. The molecule has 0 amide bonds. The van der Waals surface area contributed by atoms with Gasteiger partial charge in [-0.3, -0.25) is 0 Å². The SMILES string of the molecule is CCCCO[C@H]([C@@H](OCCCC)[C@@H](C)OC(=O)c1ccccc1)[C@H](OCCCC)[C@H](COC(=O)c1ccccc1)OCCCC. The zero-order valence-corrected chi connectivity index (χ0v) is 28.1. The molecule has 2 aromatic carbocycles. The molecule has 252 valence electrons. The van der Waals surface area contributed by atoms with Gasteiger partial charge in [-0.05, 0) is 56.9 Å². The highest BCUT2D eigenvalue weighted by molar-refractivity contribution is 5.89. The Balaban J connectivity index is 2.46. The van der Waals surface area contributed by atoms with Gasteiger partial charge < -0.3 is 28.4 Å². The first-order chi connectivity index (χ1) is 22.0. The van der Waals surface area contributed by atoms with Crippen molar-refractivity contribution in [1.29, 1.82) is 0 Å².